The van der Waals surface area contributed by atoms with Gasteiger partial charge in [0.15, 0.2) is 0 Å². The van der Waals surface area contributed by atoms with Gasteiger partial charge in [-0.1, -0.05) is 38.7 Å². The van der Waals surface area contributed by atoms with Crippen LogP contribution in [-0.2, 0) is 4.79 Å². The maximum atomic E-state index is 12.2. The third kappa shape index (κ3) is 6.00. The molecule has 0 radical (unpaired) electrons. The van der Waals surface area contributed by atoms with Crippen LogP contribution < -0.4 is 4.90 Å². The fourth-order valence-electron chi connectivity index (χ4n) is 2.74. The average molecular weight is 316 g/mol. The highest BCUT2D eigenvalue weighted by atomic mass is 16.2. The van der Waals surface area contributed by atoms with Crippen LogP contribution in [-0.4, -0.2) is 47.0 Å². The fraction of sp³-hybridized carbons (Fsp3) is 0.611. The van der Waals surface area contributed by atoms with E-state index in [1.807, 2.05) is 17.0 Å². The van der Waals surface area contributed by atoms with Crippen molar-refractivity contribution in [2.45, 2.75) is 45.4 Å². The van der Waals surface area contributed by atoms with Gasteiger partial charge in [0.25, 0.3) is 0 Å². The lowest BCUT2D eigenvalue weighted by Crippen LogP contribution is -2.48. The minimum atomic E-state index is 0.132. The highest BCUT2D eigenvalue weighted by Crippen LogP contribution is 2.10. The Hall–Kier alpha value is -1.91. The summed E-state index contributed by atoms with van der Waals surface area (Å²) in [5, 5.41) is 0. The van der Waals surface area contributed by atoms with E-state index in [1.54, 1.807) is 18.5 Å². The number of aromatic nitrogens is 2. The lowest BCUT2D eigenvalue weighted by Gasteiger charge is -2.34. The number of unbranched alkanes of at least 4 members (excludes halogenated alkanes) is 5. The van der Waals surface area contributed by atoms with Crippen LogP contribution in [0.1, 0.15) is 45.4 Å². The van der Waals surface area contributed by atoms with E-state index >= 15 is 0 Å². The molecule has 126 valence electrons. The van der Waals surface area contributed by atoms with Gasteiger partial charge in [0, 0.05) is 38.6 Å². The van der Waals surface area contributed by atoms with E-state index in [1.165, 1.54) is 32.1 Å². The van der Waals surface area contributed by atoms with Crippen LogP contribution >= 0.6 is 0 Å². The molecule has 1 aromatic rings. The second kappa shape index (κ2) is 9.98. The van der Waals surface area contributed by atoms with Crippen molar-refractivity contribution < 1.29 is 4.79 Å². The highest BCUT2D eigenvalue weighted by molar-refractivity contribution is 5.87. The van der Waals surface area contributed by atoms with Gasteiger partial charge >= 0.3 is 0 Å². The van der Waals surface area contributed by atoms with Crippen LogP contribution in [0.5, 0.6) is 0 Å². The lowest BCUT2D eigenvalue weighted by molar-refractivity contribution is -0.126. The zero-order valence-electron chi connectivity index (χ0n) is 14.2. The molecule has 0 aliphatic carbocycles. The van der Waals surface area contributed by atoms with Crippen LogP contribution in [0, 0.1) is 0 Å². The van der Waals surface area contributed by atoms with Gasteiger partial charge in [-0.3, -0.25) is 4.79 Å². The van der Waals surface area contributed by atoms with Crippen molar-refractivity contribution in [3.8, 4) is 0 Å². The zero-order chi connectivity index (χ0) is 16.3. The Balaban J connectivity index is 1.65. The molecule has 23 heavy (non-hydrogen) atoms. The molecular formula is C18H28N4O. The van der Waals surface area contributed by atoms with Gasteiger partial charge in [0.1, 0.15) is 0 Å². The first-order valence-corrected chi connectivity index (χ1v) is 8.78. The number of rotatable bonds is 8. The van der Waals surface area contributed by atoms with Crippen molar-refractivity contribution in [2.75, 3.05) is 31.1 Å². The van der Waals surface area contributed by atoms with E-state index in [0.29, 0.717) is 0 Å². The van der Waals surface area contributed by atoms with Crippen LogP contribution in [0.3, 0.4) is 0 Å². The summed E-state index contributed by atoms with van der Waals surface area (Å²) in [5.74, 6) is 0.884. The van der Waals surface area contributed by atoms with Gasteiger partial charge in [-0.2, -0.15) is 0 Å². The molecule has 1 aromatic heterocycles. The van der Waals surface area contributed by atoms with Crippen LogP contribution in [0.15, 0.2) is 30.6 Å². The molecule has 0 aromatic carbocycles. The zero-order valence-corrected chi connectivity index (χ0v) is 14.2. The van der Waals surface area contributed by atoms with Crippen molar-refractivity contribution in [1.82, 2.24) is 14.9 Å². The minimum absolute atomic E-state index is 0.132. The molecule has 1 saturated heterocycles. The fourth-order valence-corrected chi connectivity index (χ4v) is 2.74. The smallest absolute Gasteiger partial charge is 0.246 e. The van der Waals surface area contributed by atoms with E-state index in [9.17, 15) is 4.79 Å². The molecule has 0 N–H and O–H groups in total. The number of piperazine rings is 1. The number of carbonyl (C=O) groups excluding carboxylic acids is 1. The molecule has 0 spiro atoms. The summed E-state index contributed by atoms with van der Waals surface area (Å²) in [6.45, 7) is 5.28. The van der Waals surface area contributed by atoms with Crippen LogP contribution in [0.2, 0.25) is 0 Å². The predicted octanol–water partition coefficient (Wildman–Crippen LogP) is 3.04. The molecule has 0 unspecified atom stereocenters. The Morgan fingerprint density at radius 1 is 1.09 bits per heavy atom. The third-order valence-corrected chi connectivity index (χ3v) is 4.16. The number of hydrogen-bond acceptors (Lipinski definition) is 4. The van der Waals surface area contributed by atoms with E-state index in [-0.39, 0.29) is 5.91 Å². The quantitative estimate of drug-likeness (QED) is 0.546. The molecule has 1 aliphatic heterocycles. The van der Waals surface area contributed by atoms with Gasteiger partial charge in [0.2, 0.25) is 11.9 Å². The summed E-state index contributed by atoms with van der Waals surface area (Å²) in [7, 11) is 0. The summed E-state index contributed by atoms with van der Waals surface area (Å²) in [5.41, 5.74) is 0. The second-order valence-corrected chi connectivity index (χ2v) is 5.97. The Morgan fingerprint density at radius 2 is 1.78 bits per heavy atom. The molecule has 5 heteroatoms. The second-order valence-electron chi connectivity index (χ2n) is 5.97. The summed E-state index contributed by atoms with van der Waals surface area (Å²) in [6.07, 6.45) is 14.6. The Morgan fingerprint density at radius 3 is 2.48 bits per heavy atom. The summed E-state index contributed by atoms with van der Waals surface area (Å²) in [4.78, 5) is 24.7. The van der Waals surface area contributed by atoms with E-state index in [0.717, 1.165) is 38.5 Å². The monoisotopic (exact) mass is 316 g/mol. The molecular weight excluding hydrogens is 288 g/mol. The van der Waals surface area contributed by atoms with Crippen molar-refractivity contribution in [2.24, 2.45) is 0 Å². The summed E-state index contributed by atoms with van der Waals surface area (Å²) >= 11 is 0. The first kappa shape index (κ1) is 17.4. The first-order valence-electron chi connectivity index (χ1n) is 8.78. The molecule has 2 rings (SSSR count). The first-order chi connectivity index (χ1) is 11.3. The van der Waals surface area contributed by atoms with Gasteiger partial charge < -0.3 is 9.80 Å². The van der Waals surface area contributed by atoms with E-state index in [2.05, 4.69) is 21.8 Å². The molecule has 0 saturated carbocycles. The minimum Gasteiger partial charge on any atom is -0.337 e. The van der Waals surface area contributed by atoms with Gasteiger partial charge in [-0.25, -0.2) is 9.97 Å². The number of allylic oxidation sites excluding steroid dienone is 1. The molecule has 1 aliphatic rings. The van der Waals surface area contributed by atoms with Crippen molar-refractivity contribution in [1.29, 1.82) is 0 Å². The molecule has 1 fully saturated rings. The number of anilines is 1. The summed E-state index contributed by atoms with van der Waals surface area (Å²) < 4.78 is 0. The van der Waals surface area contributed by atoms with Crippen LogP contribution in [0.25, 0.3) is 0 Å². The highest BCUT2D eigenvalue weighted by Gasteiger charge is 2.20. The predicted molar refractivity (Wildman–Crippen MR) is 93.3 cm³/mol. The van der Waals surface area contributed by atoms with Gasteiger partial charge in [0.05, 0.1) is 0 Å². The Labute approximate surface area is 139 Å². The third-order valence-electron chi connectivity index (χ3n) is 4.16. The Kier molecular flexibility index (Phi) is 7.57. The van der Waals surface area contributed by atoms with Crippen LogP contribution in [0.4, 0.5) is 5.95 Å². The van der Waals surface area contributed by atoms with Crippen molar-refractivity contribution >= 4 is 11.9 Å². The molecule has 0 atom stereocenters. The Bertz CT molecular complexity index is 481. The summed E-state index contributed by atoms with van der Waals surface area (Å²) in [6, 6.07) is 1.82. The largest absolute Gasteiger partial charge is 0.337 e. The molecule has 2 heterocycles. The lowest BCUT2D eigenvalue weighted by atomic mass is 10.1. The number of carbonyl (C=O) groups is 1. The molecule has 0 bridgehead atoms. The maximum Gasteiger partial charge on any atom is 0.246 e. The van der Waals surface area contributed by atoms with Gasteiger partial charge in [-0.05, 0) is 25.0 Å². The maximum absolute atomic E-state index is 12.2. The van der Waals surface area contributed by atoms with Crippen molar-refractivity contribution in [3.63, 3.8) is 0 Å². The number of amides is 1. The number of nitrogens with zero attached hydrogens (tertiary/aromatic N) is 4. The van der Waals surface area contributed by atoms with Gasteiger partial charge in [-0.15, -0.1) is 0 Å². The van der Waals surface area contributed by atoms with E-state index in [4.69, 9.17) is 0 Å². The normalized spacial score (nSPS) is 15.3. The number of hydrogen-bond donors (Lipinski definition) is 0. The SMILES string of the molecule is CCCCCCC/C=C/C(=O)N1CCN(c2ncccn2)CC1. The topological polar surface area (TPSA) is 49.3 Å². The molecule has 5 nitrogen and oxygen atoms in total. The average Bonchev–Trinajstić information content (AvgIpc) is 2.61. The van der Waals surface area contributed by atoms with Crippen molar-refractivity contribution in [3.05, 3.63) is 30.6 Å². The standard InChI is InChI=1S/C18H28N4O/c1-2-3-4-5-6-7-8-10-17(23)21-13-15-22(16-14-21)18-19-11-9-12-20-18/h8-12H,2-7,13-16H2,1H3/b10-8+. The van der Waals surface area contributed by atoms with E-state index < -0.39 is 0 Å². The molecule has 1 amide bonds.